The summed E-state index contributed by atoms with van der Waals surface area (Å²) in [5.74, 6) is -0.233. The Morgan fingerprint density at radius 2 is 1.92 bits per heavy atom. The van der Waals surface area contributed by atoms with Crippen molar-refractivity contribution in [3.05, 3.63) is 53.9 Å². The van der Waals surface area contributed by atoms with Gasteiger partial charge >= 0.3 is 5.88 Å². The van der Waals surface area contributed by atoms with E-state index in [9.17, 15) is 10.0 Å². The number of carbonyl (C=O) groups is 1. The Morgan fingerprint density at radius 3 is 2.58 bits per heavy atom. The molecule has 1 amide bonds. The second kappa shape index (κ2) is 8.05. The Kier molecular flexibility index (Phi) is 5.58. The second-order valence-electron chi connectivity index (χ2n) is 6.41. The molecule has 0 aliphatic carbocycles. The number of hydrogen-bond acceptors (Lipinski definition) is 5. The molecule has 7 nitrogen and oxygen atoms in total. The Balaban J connectivity index is 1.54. The molecule has 138 valence electrons. The van der Waals surface area contributed by atoms with E-state index in [2.05, 4.69) is 24.1 Å². The molecule has 1 fully saturated rings. The van der Waals surface area contributed by atoms with Gasteiger partial charge in [0.05, 0.1) is 18.3 Å². The highest BCUT2D eigenvalue weighted by atomic mass is 16.6. The number of nitrogens with zero attached hydrogens (tertiary/aromatic N) is 2. The Morgan fingerprint density at radius 1 is 1.23 bits per heavy atom. The lowest BCUT2D eigenvalue weighted by Gasteiger charge is -2.36. The molecule has 3 rings (SSSR count). The number of ether oxygens (including phenoxy) is 2. The molecular formula is C19H23N3O4. The molecule has 2 aromatic rings. The number of aromatic nitrogens is 1. The maximum absolute atomic E-state index is 12.0. The van der Waals surface area contributed by atoms with Crippen LogP contribution in [0.25, 0.3) is 0 Å². The first-order valence-electron chi connectivity index (χ1n) is 8.62. The minimum Gasteiger partial charge on any atom is -0.616 e. The summed E-state index contributed by atoms with van der Waals surface area (Å²) in [4.78, 5) is 14.3. The van der Waals surface area contributed by atoms with Crippen LogP contribution < -0.4 is 19.7 Å². The van der Waals surface area contributed by atoms with Gasteiger partial charge in [0.2, 0.25) is 0 Å². The summed E-state index contributed by atoms with van der Waals surface area (Å²) in [5.41, 5.74) is 1.78. The minimum atomic E-state index is -0.324. The van der Waals surface area contributed by atoms with E-state index in [1.165, 1.54) is 12.3 Å². The fourth-order valence-electron chi connectivity index (χ4n) is 3.01. The highest BCUT2D eigenvalue weighted by Crippen LogP contribution is 2.22. The number of rotatable bonds is 5. The molecular weight excluding hydrogens is 334 g/mol. The number of nitrogens with one attached hydrogen (secondary N) is 1. The van der Waals surface area contributed by atoms with Gasteiger partial charge in [0, 0.05) is 30.5 Å². The van der Waals surface area contributed by atoms with E-state index in [1.54, 1.807) is 12.1 Å². The standard InChI is InChI=1S/C19H23N3O4/c1-14-11-21(12-15(2)26-14)17-8-6-16(7-9-17)20-18(23)13-25-19-5-3-4-10-22(19)24/h3-10,14-15H,11-13H2,1-2H3,(H,20,23)/t14-,15+. The Bertz CT molecular complexity index is 741. The SMILES string of the molecule is C[C@@H]1CN(c2ccc(NC(=O)COc3cccc[n+]3[O-])cc2)C[C@H](C)O1. The smallest absolute Gasteiger partial charge is 0.379 e. The van der Waals surface area contributed by atoms with Crippen LogP contribution in [-0.2, 0) is 9.53 Å². The topological polar surface area (TPSA) is 77.7 Å². The molecule has 0 radical (unpaired) electrons. The average Bonchev–Trinajstić information content (AvgIpc) is 2.61. The number of benzene rings is 1. The fraction of sp³-hybridized carbons (Fsp3) is 0.368. The van der Waals surface area contributed by atoms with E-state index in [0.29, 0.717) is 10.4 Å². The molecule has 7 heteroatoms. The lowest BCUT2D eigenvalue weighted by atomic mass is 10.2. The number of amides is 1. The summed E-state index contributed by atoms with van der Waals surface area (Å²) in [6, 6.07) is 12.4. The third-order valence-electron chi connectivity index (χ3n) is 4.08. The van der Waals surface area contributed by atoms with E-state index in [0.717, 1.165) is 18.8 Å². The zero-order valence-corrected chi connectivity index (χ0v) is 14.9. The maximum atomic E-state index is 12.0. The van der Waals surface area contributed by atoms with Crippen molar-refractivity contribution in [3.63, 3.8) is 0 Å². The predicted octanol–water partition coefficient (Wildman–Crippen LogP) is 1.95. The molecule has 26 heavy (non-hydrogen) atoms. The van der Waals surface area contributed by atoms with Gasteiger partial charge in [0.25, 0.3) is 5.91 Å². The monoisotopic (exact) mass is 357 g/mol. The van der Waals surface area contributed by atoms with Crippen molar-refractivity contribution >= 4 is 17.3 Å². The second-order valence-corrected chi connectivity index (χ2v) is 6.41. The molecule has 0 unspecified atom stereocenters. The summed E-state index contributed by atoms with van der Waals surface area (Å²) in [6.07, 6.45) is 1.70. The molecule has 1 saturated heterocycles. The molecule has 1 aromatic heterocycles. The van der Waals surface area contributed by atoms with E-state index in [-0.39, 0.29) is 30.6 Å². The van der Waals surface area contributed by atoms with Crippen molar-refractivity contribution in [1.29, 1.82) is 0 Å². The summed E-state index contributed by atoms with van der Waals surface area (Å²) in [6.45, 7) is 5.59. The minimum absolute atomic E-state index is 0.0913. The molecule has 1 aromatic carbocycles. The molecule has 2 atom stereocenters. The molecule has 1 aliphatic rings. The first-order chi connectivity index (χ1) is 12.5. The third kappa shape index (κ3) is 4.64. The van der Waals surface area contributed by atoms with Gasteiger partial charge < -0.3 is 24.9 Å². The fourth-order valence-corrected chi connectivity index (χ4v) is 3.01. The van der Waals surface area contributed by atoms with Crippen LogP contribution in [0.15, 0.2) is 48.7 Å². The number of pyridine rings is 1. The average molecular weight is 357 g/mol. The number of anilines is 2. The number of morpholine rings is 1. The van der Waals surface area contributed by atoms with Gasteiger partial charge in [-0.05, 0) is 44.2 Å². The zero-order chi connectivity index (χ0) is 18.5. The van der Waals surface area contributed by atoms with E-state index < -0.39 is 0 Å². The summed E-state index contributed by atoms with van der Waals surface area (Å²) in [5, 5.41) is 14.2. The molecule has 0 bridgehead atoms. The van der Waals surface area contributed by atoms with Crippen LogP contribution in [0.2, 0.25) is 0 Å². The van der Waals surface area contributed by atoms with Gasteiger partial charge in [-0.25, -0.2) is 0 Å². The van der Waals surface area contributed by atoms with E-state index >= 15 is 0 Å². The van der Waals surface area contributed by atoms with Gasteiger partial charge in [0.1, 0.15) is 0 Å². The van der Waals surface area contributed by atoms with Crippen LogP contribution in [0, 0.1) is 5.21 Å². The van der Waals surface area contributed by atoms with Crippen LogP contribution in [0.4, 0.5) is 11.4 Å². The van der Waals surface area contributed by atoms with Crippen LogP contribution in [0.1, 0.15) is 13.8 Å². The molecule has 0 saturated carbocycles. The van der Waals surface area contributed by atoms with Gasteiger partial charge in [-0.1, -0.05) is 0 Å². The summed E-state index contributed by atoms with van der Waals surface area (Å²) >= 11 is 0. The normalized spacial score (nSPS) is 19.8. The molecule has 1 N–H and O–H groups in total. The Labute approximate surface area is 152 Å². The third-order valence-corrected chi connectivity index (χ3v) is 4.08. The van der Waals surface area contributed by atoms with Crippen molar-refractivity contribution in [1.82, 2.24) is 0 Å². The summed E-state index contributed by atoms with van der Waals surface area (Å²) in [7, 11) is 0. The molecule has 1 aliphatic heterocycles. The highest BCUT2D eigenvalue weighted by Gasteiger charge is 2.22. The van der Waals surface area contributed by atoms with Crippen molar-refractivity contribution in [2.24, 2.45) is 0 Å². The highest BCUT2D eigenvalue weighted by molar-refractivity contribution is 5.92. The van der Waals surface area contributed by atoms with Crippen molar-refractivity contribution in [2.45, 2.75) is 26.1 Å². The first-order valence-corrected chi connectivity index (χ1v) is 8.62. The van der Waals surface area contributed by atoms with Crippen molar-refractivity contribution in [2.75, 3.05) is 29.9 Å². The van der Waals surface area contributed by atoms with Crippen LogP contribution >= 0.6 is 0 Å². The predicted molar refractivity (Wildman–Crippen MR) is 98.2 cm³/mol. The summed E-state index contributed by atoms with van der Waals surface area (Å²) < 4.78 is 11.6. The largest absolute Gasteiger partial charge is 0.616 e. The van der Waals surface area contributed by atoms with Gasteiger partial charge in [-0.3, -0.25) is 4.79 Å². The van der Waals surface area contributed by atoms with Crippen LogP contribution in [0.3, 0.4) is 0 Å². The molecule has 0 spiro atoms. The molecule has 2 heterocycles. The lowest BCUT2D eigenvalue weighted by Crippen LogP contribution is -2.45. The van der Waals surface area contributed by atoms with Crippen molar-refractivity contribution < 1.29 is 19.0 Å². The van der Waals surface area contributed by atoms with Crippen LogP contribution in [0.5, 0.6) is 5.88 Å². The maximum Gasteiger partial charge on any atom is 0.379 e. The van der Waals surface area contributed by atoms with E-state index in [4.69, 9.17) is 9.47 Å². The van der Waals surface area contributed by atoms with E-state index in [1.807, 2.05) is 24.3 Å². The first kappa shape index (κ1) is 18.0. The van der Waals surface area contributed by atoms with Gasteiger partial charge in [-0.15, -0.1) is 4.73 Å². The van der Waals surface area contributed by atoms with Crippen molar-refractivity contribution in [3.8, 4) is 5.88 Å². The zero-order valence-electron chi connectivity index (χ0n) is 14.9. The van der Waals surface area contributed by atoms with Gasteiger partial charge in [0.15, 0.2) is 12.8 Å². The number of carbonyl (C=O) groups excluding carboxylic acids is 1. The quantitative estimate of drug-likeness (QED) is 0.654. The number of hydrogen-bond donors (Lipinski definition) is 1. The van der Waals surface area contributed by atoms with Gasteiger partial charge in [-0.2, -0.15) is 0 Å². The Hall–Kier alpha value is -2.80. The lowest BCUT2D eigenvalue weighted by molar-refractivity contribution is -0.612. The van der Waals surface area contributed by atoms with Crippen LogP contribution in [-0.4, -0.2) is 37.8 Å².